The molecule has 1 saturated carbocycles. The quantitative estimate of drug-likeness (QED) is 0.842. The Morgan fingerprint density at radius 2 is 2.21 bits per heavy atom. The molecule has 0 aliphatic heterocycles. The molecule has 6 nitrogen and oxygen atoms in total. The zero-order valence-corrected chi connectivity index (χ0v) is 11.9. The Morgan fingerprint density at radius 1 is 1.42 bits per heavy atom. The predicted molar refractivity (Wildman–Crippen MR) is 72.5 cm³/mol. The molecule has 1 aliphatic carbocycles. The average molecular weight is 285 g/mol. The van der Waals surface area contributed by atoms with Gasteiger partial charge in [0.05, 0.1) is 6.10 Å². The number of sulfonamides is 1. The van der Waals surface area contributed by atoms with Crippen molar-refractivity contribution in [3.63, 3.8) is 0 Å². The van der Waals surface area contributed by atoms with E-state index >= 15 is 0 Å². The summed E-state index contributed by atoms with van der Waals surface area (Å²) in [6, 6.07) is 3.09. The fourth-order valence-corrected chi connectivity index (χ4v) is 3.79. The molecule has 106 valence electrons. The number of hydrogen-bond acceptors (Lipinski definition) is 5. The van der Waals surface area contributed by atoms with E-state index in [0.29, 0.717) is 12.2 Å². The van der Waals surface area contributed by atoms with Crippen LogP contribution in [0.5, 0.6) is 0 Å². The third-order valence-corrected chi connectivity index (χ3v) is 4.89. The minimum Gasteiger partial charge on any atom is -0.381 e. The van der Waals surface area contributed by atoms with Crippen LogP contribution in [0.1, 0.15) is 19.3 Å². The van der Waals surface area contributed by atoms with Crippen molar-refractivity contribution in [2.24, 2.45) is 0 Å². The predicted octanol–water partition coefficient (Wildman–Crippen LogP) is 0.969. The second kappa shape index (κ2) is 5.85. The molecule has 0 amide bonds. The Kier molecular flexibility index (Phi) is 4.38. The molecule has 1 aliphatic rings. The molecule has 0 aromatic carbocycles. The first-order valence-electron chi connectivity index (χ1n) is 6.24. The summed E-state index contributed by atoms with van der Waals surface area (Å²) in [4.78, 5) is 4.19. The first-order chi connectivity index (χ1) is 9.06. The van der Waals surface area contributed by atoms with Gasteiger partial charge < -0.3 is 10.1 Å². The van der Waals surface area contributed by atoms with E-state index in [4.69, 9.17) is 4.74 Å². The fourth-order valence-electron chi connectivity index (χ4n) is 2.34. The van der Waals surface area contributed by atoms with Gasteiger partial charge in [-0.3, -0.25) is 0 Å². The van der Waals surface area contributed by atoms with Crippen molar-refractivity contribution in [1.29, 1.82) is 0 Å². The van der Waals surface area contributed by atoms with E-state index in [1.807, 2.05) is 0 Å². The van der Waals surface area contributed by atoms with Crippen molar-refractivity contribution in [2.75, 3.05) is 19.5 Å². The minimum absolute atomic E-state index is 0.0696. The highest BCUT2D eigenvalue weighted by molar-refractivity contribution is 7.89. The molecule has 0 saturated heterocycles. The van der Waals surface area contributed by atoms with Gasteiger partial charge in [0, 0.05) is 26.4 Å². The molecule has 0 bridgehead atoms. The van der Waals surface area contributed by atoms with E-state index in [-0.39, 0.29) is 17.0 Å². The molecular formula is C12H19N3O3S. The monoisotopic (exact) mass is 285 g/mol. The molecule has 7 heteroatoms. The first-order valence-corrected chi connectivity index (χ1v) is 7.73. The molecule has 2 rings (SSSR count). The fraction of sp³-hybridized carbons (Fsp3) is 0.583. The van der Waals surface area contributed by atoms with Crippen molar-refractivity contribution in [3.8, 4) is 0 Å². The molecular weight excluding hydrogens is 266 g/mol. The van der Waals surface area contributed by atoms with Gasteiger partial charge in [-0.2, -0.15) is 0 Å². The van der Waals surface area contributed by atoms with Gasteiger partial charge >= 0.3 is 0 Å². The minimum atomic E-state index is -3.55. The highest BCUT2D eigenvalue weighted by Gasteiger charge is 2.29. The van der Waals surface area contributed by atoms with Gasteiger partial charge in [0.15, 0.2) is 0 Å². The van der Waals surface area contributed by atoms with Crippen LogP contribution < -0.4 is 10.0 Å². The van der Waals surface area contributed by atoms with Gasteiger partial charge in [0.25, 0.3) is 0 Å². The lowest BCUT2D eigenvalue weighted by Gasteiger charge is -2.15. The third-order valence-electron chi connectivity index (χ3n) is 3.34. The van der Waals surface area contributed by atoms with E-state index in [9.17, 15) is 8.42 Å². The smallest absolute Gasteiger partial charge is 0.244 e. The van der Waals surface area contributed by atoms with Crippen LogP contribution in [-0.4, -0.2) is 39.7 Å². The standard InChI is InChI=1S/C12H19N3O3S/c1-13-12-11(4-3-7-14-12)19(16,17)15-9-5-6-10(8-9)18-2/h3-4,7,9-10,15H,5-6,8H2,1-2H3,(H,13,14). The van der Waals surface area contributed by atoms with Gasteiger partial charge in [-0.05, 0) is 31.4 Å². The van der Waals surface area contributed by atoms with E-state index in [0.717, 1.165) is 12.8 Å². The number of ether oxygens (including phenoxy) is 1. The Balaban J connectivity index is 2.15. The third kappa shape index (κ3) is 3.23. The summed E-state index contributed by atoms with van der Waals surface area (Å²) < 4.78 is 32.6. The van der Waals surface area contributed by atoms with Crippen molar-refractivity contribution >= 4 is 15.8 Å². The van der Waals surface area contributed by atoms with E-state index in [1.165, 1.54) is 0 Å². The Bertz CT molecular complexity index is 533. The van der Waals surface area contributed by atoms with Crippen LogP contribution in [0.2, 0.25) is 0 Å². The second-order valence-electron chi connectivity index (χ2n) is 4.59. The molecule has 1 aromatic heterocycles. The topological polar surface area (TPSA) is 80.3 Å². The molecule has 2 N–H and O–H groups in total. The normalized spacial score (nSPS) is 23.5. The summed E-state index contributed by atoms with van der Waals surface area (Å²) in [5.74, 6) is 0.358. The summed E-state index contributed by atoms with van der Waals surface area (Å²) in [7, 11) is -0.243. The zero-order chi connectivity index (χ0) is 13.9. The molecule has 0 spiro atoms. The number of nitrogens with one attached hydrogen (secondary N) is 2. The summed E-state index contributed by atoms with van der Waals surface area (Å²) in [6.45, 7) is 0. The number of nitrogens with zero attached hydrogens (tertiary/aromatic N) is 1. The number of methoxy groups -OCH3 is 1. The lowest BCUT2D eigenvalue weighted by atomic mass is 10.3. The van der Waals surface area contributed by atoms with Gasteiger partial charge in [-0.1, -0.05) is 0 Å². The van der Waals surface area contributed by atoms with E-state index in [1.54, 1.807) is 32.5 Å². The van der Waals surface area contributed by atoms with Gasteiger partial charge in [-0.15, -0.1) is 0 Å². The van der Waals surface area contributed by atoms with Crippen molar-refractivity contribution in [2.45, 2.75) is 36.3 Å². The lowest BCUT2D eigenvalue weighted by molar-refractivity contribution is 0.107. The van der Waals surface area contributed by atoms with Crippen LogP contribution in [-0.2, 0) is 14.8 Å². The Labute approximate surface area is 113 Å². The van der Waals surface area contributed by atoms with Crippen LogP contribution in [0, 0.1) is 0 Å². The van der Waals surface area contributed by atoms with Crippen LogP contribution in [0.25, 0.3) is 0 Å². The second-order valence-corrected chi connectivity index (χ2v) is 6.27. The SMILES string of the molecule is CNc1ncccc1S(=O)(=O)NC1CCC(OC)C1. The molecule has 0 radical (unpaired) electrons. The van der Waals surface area contributed by atoms with E-state index < -0.39 is 10.0 Å². The average Bonchev–Trinajstić information content (AvgIpc) is 2.85. The van der Waals surface area contributed by atoms with Gasteiger partial charge in [-0.25, -0.2) is 18.1 Å². The molecule has 2 unspecified atom stereocenters. The van der Waals surface area contributed by atoms with Crippen molar-refractivity contribution in [1.82, 2.24) is 9.71 Å². The largest absolute Gasteiger partial charge is 0.381 e. The first kappa shape index (κ1) is 14.2. The summed E-state index contributed by atoms with van der Waals surface area (Å²) >= 11 is 0. The van der Waals surface area contributed by atoms with Gasteiger partial charge in [0.2, 0.25) is 10.0 Å². The van der Waals surface area contributed by atoms with Crippen molar-refractivity contribution in [3.05, 3.63) is 18.3 Å². The summed E-state index contributed by atoms with van der Waals surface area (Å²) in [5.41, 5.74) is 0. The zero-order valence-electron chi connectivity index (χ0n) is 11.1. The van der Waals surface area contributed by atoms with Crippen LogP contribution >= 0.6 is 0 Å². The van der Waals surface area contributed by atoms with Crippen LogP contribution in [0.4, 0.5) is 5.82 Å². The highest BCUT2D eigenvalue weighted by Crippen LogP contribution is 2.24. The summed E-state index contributed by atoms with van der Waals surface area (Å²) in [6.07, 6.45) is 4.10. The van der Waals surface area contributed by atoms with Gasteiger partial charge in [0.1, 0.15) is 10.7 Å². The maximum absolute atomic E-state index is 12.3. The molecule has 19 heavy (non-hydrogen) atoms. The number of anilines is 1. The molecule has 1 heterocycles. The Morgan fingerprint density at radius 3 is 2.84 bits per heavy atom. The molecule has 1 fully saturated rings. The van der Waals surface area contributed by atoms with Crippen molar-refractivity contribution < 1.29 is 13.2 Å². The number of aromatic nitrogens is 1. The van der Waals surface area contributed by atoms with Crippen LogP contribution in [0.15, 0.2) is 23.2 Å². The number of hydrogen-bond donors (Lipinski definition) is 2. The van der Waals surface area contributed by atoms with Crippen LogP contribution in [0.3, 0.4) is 0 Å². The maximum atomic E-state index is 12.3. The molecule has 2 atom stereocenters. The lowest BCUT2D eigenvalue weighted by Crippen LogP contribution is -2.33. The highest BCUT2D eigenvalue weighted by atomic mass is 32.2. The Hall–Kier alpha value is -1.18. The molecule has 1 aromatic rings. The van der Waals surface area contributed by atoms with E-state index in [2.05, 4.69) is 15.0 Å². The summed E-state index contributed by atoms with van der Waals surface area (Å²) in [5, 5.41) is 2.79. The maximum Gasteiger partial charge on any atom is 0.244 e. The number of rotatable bonds is 5. The number of pyridine rings is 1.